The standard InChI is InChI=1S/C5H10N2S4.Zn/c1-3(11-5(7)9)2-10-4(6)8;/h3H,2H2,1H3,(H2,6,8)(H2,7,9);/q;+2. The Bertz CT molecular complexity index is 164. The molecule has 2 nitrogen and oxygen atoms in total. The van der Waals surface area contributed by atoms with Gasteiger partial charge in [-0.25, -0.2) is 0 Å². The van der Waals surface area contributed by atoms with E-state index in [1.807, 2.05) is 6.92 Å². The number of hydrogen-bond acceptors (Lipinski definition) is 4. The van der Waals surface area contributed by atoms with Gasteiger partial charge < -0.3 is 11.5 Å². The first-order chi connectivity index (χ1) is 5.02. The van der Waals surface area contributed by atoms with Crippen molar-refractivity contribution < 1.29 is 19.5 Å². The minimum Gasteiger partial charge on any atom is -0.385 e. The Labute approximate surface area is 105 Å². The second kappa shape index (κ2) is 8.69. The zero-order valence-corrected chi connectivity index (χ0v) is 13.0. The Morgan fingerprint density at radius 2 is 1.83 bits per heavy atom. The zero-order valence-electron chi connectivity index (χ0n) is 6.78. The molecule has 0 aromatic rings. The molecule has 0 amide bonds. The summed E-state index contributed by atoms with van der Waals surface area (Å²) in [5, 5.41) is 0.374. The first kappa shape index (κ1) is 15.6. The molecule has 7 heteroatoms. The van der Waals surface area contributed by atoms with Crippen LogP contribution < -0.4 is 11.5 Å². The summed E-state index contributed by atoms with van der Waals surface area (Å²) in [7, 11) is 0. The third-order valence-electron chi connectivity index (χ3n) is 0.778. The number of hydrogen-bond donors (Lipinski definition) is 2. The fraction of sp³-hybridized carbons (Fsp3) is 0.600. The van der Waals surface area contributed by atoms with Gasteiger partial charge in [0.05, 0.1) is 0 Å². The fourth-order valence-corrected chi connectivity index (χ4v) is 2.40. The van der Waals surface area contributed by atoms with E-state index in [1.165, 1.54) is 23.5 Å². The van der Waals surface area contributed by atoms with E-state index in [9.17, 15) is 0 Å². The molecule has 0 rings (SSSR count). The zero-order chi connectivity index (χ0) is 8.85. The molecule has 0 aliphatic rings. The van der Waals surface area contributed by atoms with E-state index in [-0.39, 0.29) is 19.5 Å². The van der Waals surface area contributed by atoms with Crippen molar-refractivity contribution in [3.8, 4) is 0 Å². The Morgan fingerprint density at radius 1 is 1.33 bits per heavy atom. The molecule has 0 aliphatic carbocycles. The van der Waals surface area contributed by atoms with Crippen molar-refractivity contribution >= 4 is 56.6 Å². The molecule has 0 aromatic carbocycles. The van der Waals surface area contributed by atoms with E-state index >= 15 is 0 Å². The average molecular weight is 292 g/mol. The van der Waals surface area contributed by atoms with Gasteiger partial charge in [-0.05, 0) is 0 Å². The van der Waals surface area contributed by atoms with Gasteiger partial charge in [-0.1, -0.05) is 54.9 Å². The van der Waals surface area contributed by atoms with Gasteiger partial charge >= 0.3 is 19.5 Å². The number of thiocarbonyl (C=S) groups is 2. The molecule has 0 saturated carbocycles. The molecule has 0 bridgehead atoms. The first-order valence-electron chi connectivity index (χ1n) is 2.90. The maximum absolute atomic E-state index is 5.32. The van der Waals surface area contributed by atoms with Crippen LogP contribution in [0.4, 0.5) is 0 Å². The number of thioether (sulfide) groups is 2. The molecule has 0 aromatic heterocycles. The van der Waals surface area contributed by atoms with Crippen LogP contribution >= 0.6 is 48.0 Å². The van der Waals surface area contributed by atoms with Crippen molar-refractivity contribution in [1.82, 2.24) is 0 Å². The summed E-state index contributed by atoms with van der Waals surface area (Å²) in [6.07, 6.45) is 0. The summed E-state index contributed by atoms with van der Waals surface area (Å²) in [5.41, 5.74) is 10.6. The SMILES string of the molecule is CC(CSC(N)=S)SC(N)=S.[Zn+2]. The van der Waals surface area contributed by atoms with Gasteiger partial charge in [0.2, 0.25) is 0 Å². The fourth-order valence-electron chi connectivity index (χ4n) is 0.432. The van der Waals surface area contributed by atoms with Crippen molar-refractivity contribution in [1.29, 1.82) is 0 Å². The smallest absolute Gasteiger partial charge is 0.385 e. The average Bonchev–Trinajstić information content (AvgIpc) is 1.82. The van der Waals surface area contributed by atoms with Crippen LogP contribution in [-0.4, -0.2) is 19.6 Å². The summed E-state index contributed by atoms with van der Waals surface area (Å²) in [6, 6.07) is 0. The largest absolute Gasteiger partial charge is 2.00 e. The molecule has 0 saturated heterocycles. The Morgan fingerprint density at radius 3 is 2.17 bits per heavy atom. The molecule has 4 N–H and O–H groups in total. The summed E-state index contributed by atoms with van der Waals surface area (Å²) in [5.74, 6) is 0.858. The number of nitrogens with two attached hydrogens (primary N) is 2. The van der Waals surface area contributed by atoms with Gasteiger partial charge in [0, 0.05) is 11.0 Å². The third-order valence-corrected chi connectivity index (χ3v) is 3.38. The van der Waals surface area contributed by atoms with Gasteiger partial charge in [0.15, 0.2) is 0 Å². The minimum absolute atomic E-state index is 0. The quantitative estimate of drug-likeness (QED) is 0.604. The van der Waals surface area contributed by atoms with Gasteiger partial charge in [-0.2, -0.15) is 0 Å². The predicted molar refractivity (Wildman–Crippen MR) is 63.1 cm³/mol. The molecule has 1 unspecified atom stereocenters. The predicted octanol–water partition coefficient (Wildman–Crippen LogP) is 1.33. The first-order valence-corrected chi connectivity index (χ1v) is 5.59. The van der Waals surface area contributed by atoms with Gasteiger partial charge in [0.1, 0.15) is 8.64 Å². The van der Waals surface area contributed by atoms with Crippen LogP contribution in [0.1, 0.15) is 6.92 Å². The molecular formula is C5H10N2S4Zn+2. The van der Waals surface area contributed by atoms with Gasteiger partial charge in [-0.15, -0.1) is 0 Å². The van der Waals surface area contributed by atoms with E-state index in [4.69, 9.17) is 35.9 Å². The molecule has 1 atom stereocenters. The van der Waals surface area contributed by atoms with Gasteiger partial charge in [0.25, 0.3) is 0 Å². The second-order valence-electron chi connectivity index (χ2n) is 1.88. The Hall–Kier alpha value is 1.10. The Balaban J connectivity index is 0. The topological polar surface area (TPSA) is 52.0 Å². The van der Waals surface area contributed by atoms with E-state index < -0.39 is 0 Å². The van der Waals surface area contributed by atoms with E-state index in [2.05, 4.69) is 0 Å². The summed E-state index contributed by atoms with van der Waals surface area (Å²) in [6.45, 7) is 2.04. The summed E-state index contributed by atoms with van der Waals surface area (Å²) in [4.78, 5) is 0. The van der Waals surface area contributed by atoms with Crippen LogP contribution in [0, 0.1) is 0 Å². The van der Waals surface area contributed by atoms with Crippen LogP contribution in [-0.2, 0) is 19.5 Å². The van der Waals surface area contributed by atoms with E-state index in [0.29, 0.717) is 13.9 Å². The van der Waals surface area contributed by atoms with E-state index in [0.717, 1.165) is 5.75 Å². The molecule has 0 aliphatic heterocycles. The van der Waals surface area contributed by atoms with Crippen molar-refractivity contribution in [3.05, 3.63) is 0 Å². The van der Waals surface area contributed by atoms with Crippen LogP contribution in [0.15, 0.2) is 0 Å². The maximum atomic E-state index is 5.32. The van der Waals surface area contributed by atoms with Crippen molar-refractivity contribution in [2.45, 2.75) is 12.2 Å². The van der Waals surface area contributed by atoms with Crippen LogP contribution in [0.3, 0.4) is 0 Å². The molecule has 0 spiro atoms. The normalized spacial score (nSPS) is 11.4. The van der Waals surface area contributed by atoms with E-state index in [1.54, 1.807) is 0 Å². The minimum atomic E-state index is 0. The second-order valence-corrected chi connectivity index (χ2v) is 5.82. The van der Waals surface area contributed by atoms with Crippen LogP contribution in [0.5, 0.6) is 0 Å². The monoisotopic (exact) mass is 290 g/mol. The van der Waals surface area contributed by atoms with Crippen molar-refractivity contribution in [3.63, 3.8) is 0 Å². The molecule has 12 heavy (non-hydrogen) atoms. The summed E-state index contributed by atoms with van der Waals surface area (Å²) < 4.78 is 0.946. The number of rotatable bonds is 3. The molecular weight excluding hydrogens is 282 g/mol. The van der Waals surface area contributed by atoms with Crippen LogP contribution in [0.2, 0.25) is 0 Å². The van der Waals surface area contributed by atoms with Crippen molar-refractivity contribution in [2.75, 3.05) is 5.75 Å². The maximum Gasteiger partial charge on any atom is 2.00 e. The van der Waals surface area contributed by atoms with Crippen molar-refractivity contribution in [2.24, 2.45) is 11.5 Å². The molecule has 0 radical (unpaired) electrons. The van der Waals surface area contributed by atoms with Gasteiger partial charge in [-0.3, -0.25) is 0 Å². The Kier molecular flexibility index (Phi) is 11.3. The molecule has 64 valence electrons. The summed E-state index contributed by atoms with van der Waals surface area (Å²) >= 11 is 12.3. The van der Waals surface area contributed by atoms with Crippen LogP contribution in [0.25, 0.3) is 0 Å². The molecule has 0 fully saturated rings. The molecule has 0 heterocycles. The third kappa shape index (κ3) is 11.1.